The Labute approximate surface area is 106 Å². The van der Waals surface area contributed by atoms with Crippen LogP contribution >= 0.6 is 11.3 Å². The van der Waals surface area contributed by atoms with Crippen LogP contribution in [0.2, 0.25) is 0 Å². The second-order valence-corrected chi connectivity index (χ2v) is 5.73. The van der Waals surface area contributed by atoms with Gasteiger partial charge in [-0.1, -0.05) is 30.3 Å². The molecule has 0 fully saturated rings. The lowest BCUT2D eigenvalue weighted by molar-refractivity contribution is 0.680. The van der Waals surface area contributed by atoms with Crippen LogP contribution in [0.3, 0.4) is 0 Å². The van der Waals surface area contributed by atoms with Gasteiger partial charge in [0.15, 0.2) is 0 Å². The van der Waals surface area contributed by atoms with Crippen molar-refractivity contribution in [1.29, 1.82) is 5.26 Å². The molecule has 0 atom stereocenters. The van der Waals surface area contributed by atoms with Crippen LogP contribution in [0.15, 0.2) is 30.3 Å². The molecule has 0 saturated heterocycles. The highest BCUT2D eigenvalue weighted by molar-refractivity contribution is 7.12. The largest absolute Gasteiger partial charge is 0.239 e. The topological polar surface area (TPSA) is 36.7 Å². The number of hydrogen-bond donors (Lipinski definition) is 0. The molecule has 0 bridgehead atoms. The molecule has 0 spiro atoms. The minimum atomic E-state index is -0.511. The predicted molar refractivity (Wildman–Crippen MR) is 70.9 cm³/mol. The molecule has 2 rings (SSSR count). The van der Waals surface area contributed by atoms with Gasteiger partial charge in [0, 0.05) is 10.4 Å². The molecule has 0 N–H and O–H groups in total. The minimum Gasteiger partial charge on any atom is -0.239 e. The predicted octanol–water partition coefficient (Wildman–Crippen LogP) is 3.92. The molecule has 1 heterocycles. The van der Waals surface area contributed by atoms with Gasteiger partial charge < -0.3 is 0 Å². The number of aryl methyl sites for hydroxylation is 1. The van der Waals surface area contributed by atoms with Crippen LogP contribution in [-0.2, 0) is 5.41 Å². The summed E-state index contributed by atoms with van der Waals surface area (Å²) in [6.07, 6.45) is 0. The van der Waals surface area contributed by atoms with Crippen LogP contribution in [0.4, 0.5) is 0 Å². The minimum absolute atomic E-state index is 0.511. The van der Waals surface area contributed by atoms with Crippen LogP contribution in [-0.4, -0.2) is 4.98 Å². The highest BCUT2D eigenvalue weighted by atomic mass is 32.1. The maximum absolute atomic E-state index is 9.13. The highest BCUT2D eigenvalue weighted by Crippen LogP contribution is 2.33. The molecule has 0 aliphatic carbocycles. The Hall–Kier alpha value is -1.66. The second kappa shape index (κ2) is 4.31. The number of nitrogens with zero attached hydrogens (tertiary/aromatic N) is 2. The van der Waals surface area contributed by atoms with Gasteiger partial charge in [0.25, 0.3) is 0 Å². The van der Waals surface area contributed by atoms with E-state index in [4.69, 9.17) is 5.26 Å². The first-order valence-corrected chi connectivity index (χ1v) is 6.31. The molecular weight excluding hydrogens is 228 g/mol. The van der Waals surface area contributed by atoms with Crippen LogP contribution in [0.25, 0.3) is 11.3 Å². The van der Waals surface area contributed by atoms with Gasteiger partial charge in [0.2, 0.25) is 0 Å². The monoisotopic (exact) mass is 242 g/mol. The Morgan fingerprint density at radius 3 is 2.47 bits per heavy atom. The zero-order chi connectivity index (χ0) is 12.5. The molecule has 3 heteroatoms. The van der Waals surface area contributed by atoms with E-state index in [1.54, 1.807) is 11.3 Å². The molecule has 2 nitrogen and oxygen atoms in total. The number of rotatable bonds is 2. The van der Waals surface area contributed by atoms with Crippen LogP contribution in [0.1, 0.15) is 23.7 Å². The fourth-order valence-corrected chi connectivity index (χ4v) is 2.56. The van der Waals surface area contributed by atoms with Crippen molar-refractivity contribution in [2.24, 2.45) is 0 Å². The number of aromatic nitrogens is 1. The molecule has 0 aliphatic heterocycles. The summed E-state index contributed by atoms with van der Waals surface area (Å²) in [7, 11) is 0. The Kier molecular flexibility index (Phi) is 2.99. The van der Waals surface area contributed by atoms with Gasteiger partial charge in [0.1, 0.15) is 10.4 Å². The Morgan fingerprint density at radius 2 is 1.88 bits per heavy atom. The summed E-state index contributed by atoms with van der Waals surface area (Å²) in [6.45, 7) is 5.86. The van der Waals surface area contributed by atoms with Gasteiger partial charge in [0.05, 0.1) is 11.8 Å². The standard InChI is InChI=1S/C14H14N2S/c1-10-12(11-7-5-4-6-8-11)16-13(17-10)14(2,3)9-15/h4-8H,1-3H3. The van der Waals surface area contributed by atoms with Crippen LogP contribution in [0.5, 0.6) is 0 Å². The van der Waals surface area contributed by atoms with Crippen molar-refractivity contribution in [1.82, 2.24) is 4.98 Å². The van der Waals surface area contributed by atoms with E-state index in [2.05, 4.69) is 18.0 Å². The quantitative estimate of drug-likeness (QED) is 0.800. The molecule has 0 aliphatic rings. The average molecular weight is 242 g/mol. The van der Waals surface area contributed by atoms with Gasteiger partial charge in [-0.15, -0.1) is 11.3 Å². The van der Waals surface area contributed by atoms with E-state index in [0.717, 1.165) is 21.1 Å². The third kappa shape index (κ3) is 2.22. The van der Waals surface area contributed by atoms with Gasteiger partial charge in [-0.25, -0.2) is 4.98 Å². The second-order valence-electron chi connectivity index (χ2n) is 4.53. The summed E-state index contributed by atoms with van der Waals surface area (Å²) in [5.41, 5.74) is 1.60. The Balaban J connectivity index is 2.50. The highest BCUT2D eigenvalue weighted by Gasteiger charge is 2.25. The molecule has 0 saturated carbocycles. The summed E-state index contributed by atoms with van der Waals surface area (Å²) in [6, 6.07) is 12.4. The average Bonchev–Trinajstić information content (AvgIpc) is 2.73. The third-order valence-electron chi connectivity index (χ3n) is 2.66. The number of benzene rings is 1. The first-order chi connectivity index (χ1) is 8.04. The molecule has 0 unspecified atom stereocenters. The summed E-state index contributed by atoms with van der Waals surface area (Å²) >= 11 is 1.61. The summed E-state index contributed by atoms with van der Waals surface area (Å²) in [4.78, 5) is 5.78. The zero-order valence-electron chi connectivity index (χ0n) is 10.2. The van der Waals surface area contributed by atoms with Crippen molar-refractivity contribution in [3.05, 3.63) is 40.2 Å². The van der Waals surface area contributed by atoms with E-state index < -0.39 is 5.41 Å². The fraction of sp³-hybridized carbons (Fsp3) is 0.286. The van der Waals surface area contributed by atoms with Crippen molar-refractivity contribution in [3.63, 3.8) is 0 Å². The molecule has 17 heavy (non-hydrogen) atoms. The first-order valence-electron chi connectivity index (χ1n) is 5.49. The first kappa shape index (κ1) is 11.8. The van der Waals surface area contributed by atoms with E-state index in [-0.39, 0.29) is 0 Å². The maximum atomic E-state index is 9.13. The molecular formula is C14H14N2S. The summed E-state index contributed by atoms with van der Waals surface area (Å²) in [5.74, 6) is 0. The lowest BCUT2D eigenvalue weighted by Crippen LogP contribution is -2.13. The van der Waals surface area contributed by atoms with Crippen molar-refractivity contribution < 1.29 is 0 Å². The Morgan fingerprint density at radius 1 is 1.24 bits per heavy atom. The normalized spacial score (nSPS) is 11.2. The molecule has 2 aromatic rings. The van der Waals surface area contributed by atoms with Gasteiger partial charge in [-0.05, 0) is 20.8 Å². The van der Waals surface area contributed by atoms with E-state index >= 15 is 0 Å². The summed E-state index contributed by atoms with van der Waals surface area (Å²) in [5, 5.41) is 10.0. The Bertz CT molecular complexity index is 562. The SMILES string of the molecule is Cc1sc(C(C)(C)C#N)nc1-c1ccccc1. The molecule has 0 amide bonds. The molecule has 1 aromatic carbocycles. The molecule has 0 radical (unpaired) electrons. The number of thiazole rings is 1. The zero-order valence-corrected chi connectivity index (χ0v) is 11.0. The third-order valence-corrected chi connectivity index (χ3v) is 3.95. The number of hydrogen-bond acceptors (Lipinski definition) is 3. The van der Waals surface area contributed by atoms with Crippen LogP contribution in [0, 0.1) is 18.3 Å². The fourth-order valence-electron chi connectivity index (χ4n) is 1.58. The molecule has 86 valence electrons. The van der Waals surface area contributed by atoms with E-state index in [9.17, 15) is 0 Å². The summed E-state index contributed by atoms with van der Waals surface area (Å²) < 4.78 is 0. The van der Waals surface area contributed by atoms with E-state index in [0.29, 0.717) is 0 Å². The van der Waals surface area contributed by atoms with Crippen molar-refractivity contribution >= 4 is 11.3 Å². The van der Waals surface area contributed by atoms with Crippen molar-refractivity contribution in [2.75, 3.05) is 0 Å². The van der Waals surface area contributed by atoms with Gasteiger partial charge in [-0.3, -0.25) is 0 Å². The van der Waals surface area contributed by atoms with E-state index in [1.165, 1.54) is 0 Å². The number of nitriles is 1. The van der Waals surface area contributed by atoms with E-state index in [1.807, 2.05) is 44.2 Å². The van der Waals surface area contributed by atoms with Crippen molar-refractivity contribution in [2.45, 2.75) is 26.2 Å². The maximum Gasteiger partial charge on any atom is 0.113 e. The van der Waals surface area contributed by atoms with Gasteiger partial charge >= 0.3 is 0 Å². The lowest BCUT2D eigenvalue weighted by Gasteiger charge is -2.09. The molecule has 1 aromatic heterocycles. The van der Waals surface area contributed by atoms with Crippen molar-refractivity contribution in [3.8, 4) is 17.3 Å². The van der Waals surface area contributed by atoms with Crippen LogP contribution < -0.4 is 0 Å². The van der Waals surface area contributed by atoms with Gasteiger partial charge in [-0.2, -0.15) is 5.26 Å². The smallest absolute Gasteiger partial charge is 0.113 e. The lowest BCUT2D eigenvalue weighted by atomic mass is 9.97.